The molecule has 0 N–H and O–H groups in total. The third kappa shape index (κ3) is 3.28. The third-order valence-corrected chi connectivity index (χ3v) is 3.17. The van der Waals surface area contributed by atoms with Gasteiger partial charge in [0.2, 0.25) is 5.88 Å². The highest BCUT2D eigenvalue weighted by Gasteiger charge is 2.14. The van der Waals surface area contributed by atoms with Crippen molar-refractivity contribution >= 4 is 34.3 Å². The summed E-state index contributed by atoms with van der Waals surface area (Å²) in [5, 5.41) is 1.29. The summed E-state index contributed by atoms with van der Waals surface area (Å²) in [6, 6.07) is 2.87. The summed E-state index contributed by atoms with van der Waals surface area (Å²) in [7, 11) is 0. The number of ether oxygens (including phenoxy) is 1. The monoisotopic (exact) mass is 300 g/mol. The normalized spacial score (nSPS) is 11.3. The fourth-order valence-electron chi connectivity index (χ4n) is 1.56. The smallest absolute Gasteiger partial charge is 0.225 e. The summed E-state index contributed by atoms with van der Waals surface area (Å²) in [4.78, 5) is 8.44. The maximum Gasteiger partial charge on any atom is 0.225 e. The van der Waals surface area contributed by atoms with Crippen molar-refractivity contribution in [3.8, 4) is 5.88 Å². The Hall–Kier alpha value is -1.07. The number of hydrogen-bond acceptors (Lipinski definition) is 4. The zero-order valence-corrected chi connectivity index (χ0v) is 12.5. The van der Waals surface area contributed by atoms with Crippen LogP contribution in [0.1, 0.15) is 13.8 Å². The van der Waals surface area contributed by atoms with E-state index in [4.69, 9.17) is 16.3 Å². The fraction of sp³-hybridized carbons (Fsp3) is 0.385. The molecule has 0 fully saturated rings. The average Bonchev–Trinajstić information content (AvgIpc) is 2.36. The standard InChI is InChI=1S/C13H14ClFN2OS/c1-7(2)6-18-12-9-4-8(14)5-10(15)11(9)16-13(17-12)19-3/h4-5,7H,6H2,1-3H3. The number of hydrogen-bond donors (Lipinski definition) is 0. The molecule has 0 aliphatic rings. The largest absolute Gasteiger partial charge is 0.477 e. The van der Waals surface area contributed by atoms with Gasteiger partial charge in [0.1, 0.15) is 5.52 Å². The first-order valence-electron chi connectivity index (χ1n) is 5.85. The summed E-state index contributed by atoms with van der Waals surface area (Å²) >= 11 is 7.22. The minimum atomic E-state index is -0.463. The van der Waals surface area contributed by atoms with Gasteiger partial charge in [0, 0.05) is 5.02 Å². The van der Waals surface area contributed by atoms with Crippen LogP contribution >= 0.6 is 23.4 Å². The van der Waals surface area contributed by atoms with E-state index in [0.717, 1.165) is 0 Å². The van der Waals surface area contributed by atoms with Crippen LogP contribution in [0.15, 0.2) is 17.3 Å². The van der Waals surface area contributed by atoms with E-state index in [0.29, 0.717) is 34.0 Å². The molecule has 0 amide bonds. The van der Waals surface area contributed by atoms with Crippen LogP contribution in [0, 0.1) is 11.7 Å². The zero-order valence-electron chi connectivity index (χ0n) is 10.9. The predicted octanol–water partition coefficient (Wildman–Crippen LogP) is 4.18. The summed E-state index contributed by atoms with van der Waals surface area (Å²) in [5.74, 6) is 0.269. The van der Waals surface area contributed by atoms with Crippen molar-refractivity contribution in [3.63, 3.8) is 0 Å². The SMILES string of the molecule is CSc1nc(OCC(C)C)c2cc(Cl)cc(F)c2n1. The molecular formula is C13H14ClFN2OS. The van der Waals surface area contributed by atoms with Crippen LogP contribution in [0.5, 0.6) is 5.88 Å². The molecule has 102 valence electrons. The van der Waals surface area contributed by atoms with Gasteiger partial charge in [-0.15, -0.1) is 0 Å². The van der Waals surface area contributed by atoms with Crippen LogP contribution in [-0.2, 0) is 0 Å². The Labute approximate surface area is 120 Å². The molecular weight excluding hydrogens is 287 g/mol. The lowest BCUT2D eigenvalue weighted by Crippen LogP contribution is -2.07. The van der Waals surface area contributed by atoms with E-state index in [1.807, 2.05) is 20.1 Å². The van der Waals surface area contributed by atoms with Crippen LogP contribution < -0.4 is 4.74 Å². The molecule has 0 radical (unpaired) electrons. The lowest BCUT2D eigenvalue weighted by atomic mass is 10.2. The zero-order chi connectivity index (χ0) is 14.0. The van der Waals surface area contributed by atoms with Gasteiger partial charge in [-0.1, -0.05) is 37.2 Å². The molecule has 0 aliphatic heterocycles. The summed E-state index contributed by atoms with van der Waals surface area (Å²) < 4.78 is 19.5. The van der Waals surface area contributed by atoms with Crippen molar-refractivity contribution in [2.75, 3.05) is 12.9 Å². The van der Waals surface area contributed by atoms with E-state index in [2.05, 4.69) is 9.97 Å². The van der Waals surface area contributed by atoms with Gasteiger partial charge in [-0.25, -0.2) is 9.37 Å². The Balaban J connectivity index is 2.58. The number of halogens is 2. The minimum absolute atomic E-state index is 0.238. The lowest BCUT2D eigenvalue weighted by Gasteiger charge is -2.11. The quantitative estimate of drug-likeness (QED) is 0.627. The second kappa shape index (κ2) is 5.92. The number of thioether (sulfide) groups is 1. The molecule has 0 spiro atoms. The predicted molar refractivity (Wildman–Crippen MR) is 76.6 cm³/mol. The van der Waals surface area contributed by atoms with Crippen molar-refractivity contribution in [1.82, 2.24) is 9.97 Å². The average molecular weight is 301 g/mol. The van der Waals surface area contributed by atoms with Crippen LogP contribution in [0.4, 0.5) is 4.39 Å². The van der Waals surface area contributed by atoms with Crippen molar-refractivity contribution in [3.05, 3.63) is 23.0 Å². The topological polar surface area (TPSA) is 35.0 Å². The van der Waals surface area contributed by atoms with Crippen molar-refractivity contribution in [1.29, 1.82) is 0 Å². The molecule has 6 heteroatoms. The van der Waals surface area contributed by atoms with Gasteiger partial charge in [0.05, 0.1) is 12.0 Å². The molecule has 0 bridgehead atoms. The molecule has 1 aromatic carbocycles. The Morgan fingerprint density at radius 2 is 2.11 bits per heavy atom. The first-order chi connectivity index (χ1) is 9.01. The van der Waals surface area contributed by atoms with Gasteiger partial charge in [0.25, 0.3) is 0 Å². The first kappa shape index (κ1) is 14.3. The maximum absolute atomic E-state index is 13.9. The molecule has 2 aromatic rings. The molecule has 19 heavy (non-hydrogen) atoms. The number of rotatable bonds is 4. The van der Waals surface area contributed by atoms with Crippen LogP contribution in [-0.4, -0.2) is 22.8 Å². The molecule has 0 saturated carbocycles. The Kier molecular flexibility index (Phi) is 4.47. The van der Waals surface area contributed by atoms with E-state index in [-0.39, 0.29) is 5.52 Å². The molecule has 0 aliphatic carbocycles. The maximum atomic E-state index is 13.9. The van der Waals surface area contributed by atoms with Crippen LogP contribution in [0.25, 0.3) is 10.9 Å². The molecule has 1 aromatic heterocycles. The molecule has 0 unspecified atom stereocenters. The van der Waals surface area contributed by atoms with Gasteiger partial charge in [-0.05, 0) is 24.3 Å². The molecule has 0 atom stereocenters. The number of aromatic nitrogens is 2. The fourth-order valence-corrected chi connectivity index (χ4v) is 2.12. The van der Waals surface area contributed by atoms with Crippen LogP contribution in [0.3, 0.4) is 0 Å². The van der Waals surface area contributed by atoms with Crippen LogP contribution in [0.2, 0.25) is 5.02 Å². The minimum Gasteiger partial charge on any atom is -0.477 e. The number of benzene rings is 1. The van der Waals surface area contributed by atoms with Gasteiger partial charge >= 0.3 is 0 Å². The third-order valence-electron chi connectivity index (χ3n) is 2.40. The Morgan fingerprint density at radius 1 is 1.37 bits per heavy atom. The van der Waals surface area contributed by atoms with E-state index in [1.165, 1.54) is 17.8 Å². The second-order valence-corrected chi connectivity index (χ2v) is 5.71. The molecule has 1 heterocycles. The highest BCUT2D eigenvalue weighted by atomic mass is 35.5. The number of nitrogens with zero attached hydrogens (tertiary/aromatic N) is 2. The van der Waals surface area contributed by atoms with E-state index >= 15 is 0 Å². The van der Waals surface area contributed by atoms with Crippen molar-refractivity contribution in [2.45, 2.75) is 19.0 Å². The van der Waals surface area contributed by atoms with Gasteiger partial charge in [-0.2, -0.15) is 4.98 Å². The molecule has 2 rings (SSSR count). The first-order valence-corrected chi connectivity index (χ1v) is 7.45. The van der Waals surface area contributed by atoms with Gasteiger partial charge in [0.15, 0.2) is 11.0 Å². The Bertz CT molecular complexity index is 607. The van der Waals surface area contributed by atoms with Crippen molar-refractivity contribution in [2.24, 2.45) is 5.92 Å². The summed E-state index contributed by atoms with van der Waals surface area (Å²) in [5.41, 5.74) is 0.238. The van der Waals surface area contributed by atoms with Gasteiger partial charge in [-0.3, -0.25) is 0 Å². The molecule has 0 saturated heterocycles. The van der Waals surface area contributed by atoms with Gasteiger partial charge < -0.3 is 4.74 Å². The highest BCUT2D eigenvalue weighted by molar-refractivity contribution is 7.98. The second-order valence-electron chi connectivity index (χ2n) is 4.50. The summed E-state index contributed by atoms with van der Waals surface area (Å²) in [6.45, 7) is 4.58. The van der Waals surface area contributed by atoms with E-state index in [9.17, 15) is 4.39 Å². The number of fused-ring (bicyclic) bond motifs is 1. The van der Waals surface area contributed by atoms with E-state index in [1.54, 1.807) is 6.07 Å². The van der Waals surface area contributed by atoms with E-state index < -0.39 is 5.82 Å². The summed E-state index contributed by atoms with van der Waals surface area (Å²) in [6.07, 6.45) is 1.83. The van der Waals surface area contributed by atoms with Crippen molar-refractivity contribution < 1.29 is 9.13 Å². The lowest BCUT2D eigenvalue weighted by molar-refractivity contribution is 0.262. The Morgan fingerprint density at radius 3 is 2.74 bits per heavy atom. The molecule has 3 nitrogen and oxygen atoms in total. The highest BCUT2D eigenvalue weighted by Crippen LogP contribution is 2.30.